The molecule has 0 spiro atoms. The summed E-state index contributed by atoms with van der Waals surface area (Å²) in [5, 5.41) is 3.45. The Morgan fingerprint density at radius 3 is 2.11 bits per heavy atom. The molecule has 0 fully saturated rings. The third-order valence-corrected chi connectivity index (χ3v) is 10.4. The van der Waals surface area contributed by atoms with E-state index < -0.39 is 7.28 Å². The first-order chi connectivity index (χ1) is 16.8. The molecule has 35 heavy (non-hydrogen) atoms. The second kappa shape index (κ2) is 9.06. The van der Waals surface area contributed by atoms with Crippen LogP contribution < -0.4 is 9.83 Å². The van der Waals surface area contributed by atoms with Crippen LogP contribution in [0.25, 0.3) is 21.8 Å². The van der Waals surface area contributed by atoms with Crippen molar-refractivity contribution in [1.82, 2.24) is 4.57 Å². The molecule has 1 heterocycles. The second-order valence-corrected chi connectivity index (χ2v) is 13.4. The Balaban J connectivity index is 1.84. The van der Waals surface area contributed by atoms with E-state index in [1.54, 1.807) is 0 Å². The predicted octanol–water partition coefficient (Wildman–Crippen LogP) is 9.07. The number of aromatic nitrogens is 1. The molecule has 178 valence electrons. The van der Waals surface area contributed by atoms with E-state index in [1.165, 1.54) is 27.4 Å². The summed E-state index contributed by atoms with van der Waals surface area (Å²) in [7, 11) is -2.56. The minimum Gasteiger partial charge on any atom is -0.455 e. The fraction of sp³-hybridized carbons (Fsp3) is 0.226. The van der Waals surface area contributed by atoms with Crippen molar-refractivity contribution in [2.45, 2.75) is 46.3 Å². The largest absolute Gasteiger partial charge is 0.455 e. The molecule has 0 radical (unpaired) electrons. The van der Waals surface area contributed by atoms with Gasteiger partial charge in [-0.25, -0.2) is 4.74 Å². The van der Waals surface area contributed by atoms with Gasteiger partial charge in [0.05, 0.1) is 5.69 Å². The first kappa shape index (κ1) is 23.5. The van der Waals surface area contributed by atoms with Gasteiger partial charge in [0.1, 0.15) is 5.75 Å². The van der Waals surface area contributed by atoms with Crippen molar-refractivity contribution in [2.24, 2.45) is 4.74 Å². The molecule has 0 amide bonds. The van der Waals surface area contributed by atoms with Gasteiger partial charge >= 0.3 is 0 Å². The number of nitrogens with zero attached hydrogens (tertiary/aromatic N) is 2. The van der Waals surface area contributed by atoms with Gasteiger partial charge in [0.15, 0.2) is 7.28 Å². The highest BCUT2D eigenvalue weighted by molar-refractivity contribution is 7.71. The average molecular weight is 481 g/mol. The zero-order valence-corrected chi connectivity index (χ0v) is 22.1. The molecular weight excluding hydrogens is 447 g/mol. The molecule has 3 nitrogen and oxygen atoms in total. The van der Waals surface area contributed by atoms with Crippen LogP contribution in [0.4, 0.5) is 5.69 Å². The highest BCUT2D eigenvalue weighted by Crippen LogP contribution is 2.62. The fourth-order valence-corrected chi connectivity index (χ4v) is 7.86. The summed E-state index contributed by atoms with van der Waals surface area (Å²) in [4.78, 5) is 0. The van der Waals surface area contributed by atoms with Crippen molar-refractivity contribution in [2.75, 3.05) is 0 Å². The highest BCUT2D eigenvalue weighted by Gasteiger charge is 2.39. The van der Waals surface area contributed by atoms with Gasteiger partial charge in [-0.15, -0.1) is 0 Å². The topological polar surface area (TPSA) is 26.5 Å². The van der Waals surface area contributed by atoms with Gasteiger partial charge in [-0.05, 0) is 62.4 Å². The SMILES string of the molecule is CCn1c2ccccc2c2cc(P(=Nc3ccc(C)cc3)(Oc3ccccc3)C(C)(C)C)ccc21. The summed E-state index contributed by atoms with van der Waals surface area (Å²) in [5.74, 6) is 0.850. The monoisotopic (exact) mass is 480 g/mol. The summed E-state index contributed by atoms with van der Waals surface area (Å²) in [6.07, 6.45) is 0. The van der Waals surface area contributed by atoms with Crippen molar-refractivity contribution >= 4 is 40.1 Å². The molecule has 1 aromatic heterocycles. The Kier molecular flexibility index (Phi) is 6.07. The molecule has 0 aliphatic heterocycles. The van der Waals surface area contributed by atoms with Gasteiger partial charge in [0.25, 0.3) is 0 Å². The average Bonchev–Trinajstić information content (AvgIpc) is 3.18. The van der Waals surface area contributed by atoms with E-state index in [9.17, 15) is 0 Å². The van der Waals surface area contributed by atoms with E-state index in [2.05, 4.69) is 106 Å². The smallest absolute Gasteiger partial charge is 0.173 e. The Hall–Kier alpha value is -3.29. The number of hydrogen-bond donors (Lipinski definition) is 0. The Bertz CT molecular complexity index is 1540. The Morgan fingerprint density at radius 2 is 1.43 bits per heavy atom. The minimum atomic E-state index is -2.56. The van der Waals surface area contributed by atoms with Gasteiger partial charge in [-0.1, -0.05) is 74.9 Å². The van der Waals surface area contributed by atoms with Gasteiger partial charge < -0.3 is 9.09 Å². The normalized spacial score (nSPS) is 13.6. The van der Waals surface area contributed by atoms with Crippen LogP contribution in [0.2, 0.25) is 0 Å². The zero-order valence-electron chi connectivity index (χ0n) is 21.2. The summed E-state index contributed by atoms with van der Waals surface area (Å²) < 4.78 is 14.9. The van der Waals surface area contributed by atoms with Crippen LogP contribution in [0.1, 0.15) is 33.3 Å². The van der Waals surface area contributed by atoms with Gasteiger partial charge in [0, 0.05) is 38.8 Å². The maximum atomic E-state index is 7.02. The number of fused-ring (bicyclic) bond motifs is 3. The van der Waals surface area contributed by atoms with Crippen molar-refractivity contribution in [3.63, 3.8) is 0 Å². The Labute approximate surface area is 208 Å². The third kappa shape index (κ3) is 4.19. The first-order valence-electron chi connectivity index (χ1n) is 12.3. The van der Waals surface area contributed by atoms with Gasteiger partial charge in [0.2, 0.25) is 0 Å². The summed E-state index contributed by atoms with van der Waals surface area (Å²) in [6, 6.07) is 34.1. The summed E-state index contributed by atoms with van der Waals surface area (Å²) in [6.45, 7) is 12.0. The molecule has 4 heteroatoms. The van der Waals surface area contributed by atoms with E-state index in [-0.39, 0.29) is 5.16 Å². The molecule has 0 saturated heterocycles. The summed E-state index contributed by atoms with van der Waals surface area (Å²) in [5.41, 5.74) is 4.69. The van der Waals surface area contributed by atoms with Crippen molar-refractivity contribution in [3.05, 3.63) is 103 Å². The molecule has 1 unspecified atom stereocenters. The lowest BCUT2D eigenvalue weighted by atomic mass is 10.1. The predicted molar refractivity (Wildman–Crippen MR) is 152 cm³/mol. The number of rotatable bonds is 5. The van der Waals surface area contributed by atoms with E-state index in [1.807, 2.05) is 30.3 Å². The van der Waals surface area contributed by atoms with Crippen molar-refractivity contribution < 1.29 is 4.52 Å². The number of hydrogen-bond acceptors (Lipinski definition) is 2. The maximum Gasteiger partial charge on any atom is 0.173 e. The fourth-order valence-electron chi connectivity index (χ4n) is 4.78. The second-order valence-electron chi connectivity index (χ2n) is 10.0. The van der Waals surface area contributed by atoms with Crippen LogP contribution in [-0.2, 0) is 6.54 Å². The van der Waals surface area contributed by atoms with Crippen molar-refractivity contribution in [3.8, 4) is 5.75 Å². The molecule has 4 aromatic carbocycles. The standard InChI is InChI=1S/C31H33N2OP/c1-6-33-29-15-11-10-14-27(29)28-22-26(20-21-30(28)33)35(31(3,4)5,34-25-12-8-7-9-13-25)32-24-18-16-23(2)17-19-24/h7-22H,6H2,1-5H3. The van der Waals surface area contributed by atoms with E-state index in [0.717, 1.165) is 23.3 Å². The summed E-state index contributed by atoms with van der Waals surface area (Å²) >= 11 is 0. The molecule has 0 N–H and O–H groups in total. The quantitative estimate of drug-likeness (QED) is 0.230. The van der Waals surface area contributed by atoms with E-state index in [4.69, 9.17) is 9.27 Å². The zero-order chi connectivity index (χ0) is 24.6. The number of para-hydroxylation sites is 2. The Morgan fingerprint density at radius 1 is 0.771 bits per heavy atom. The van der Waals surface area contributed by atoms with Gasteiger partial charge in [-0.2, -0.15) is 0 Å². The lowest BCUT2D eigenvalue weighted by Crippen LogP contribution is -2.27. The van der Waals surface area contributed by atoms with Crippen LogP contribution in [0.3, 0.4) is 0 Å². The molecule has 5 aromatic rings. The minimum absolute atomic E-state index is 0.232. The van der Waals surface area contributed by atoms with Crippen LogP contribution in [0, 0.1) is 6.92 Å². The number of aryl methyl sites for hydroxylation is 2. The lowest BCUT2D eigenvalue weighted by Gasteiger charge is -2.37. The van der Waals surface area contributed by atoms with E-state index in [0.29, 0.717) is 0 Å². The van der Waals surface area contributed by atoms with E-state index >= 15 is 0 Å². The van der Waals surface area contributed by atoms with Gasteiger partial charge in [-0.3, -0.25) is 0 Å². The lowest BCUT2D eigenvalue weighted by molar-refractivity contribution is 0.571. The molecule has 0 bridgehead atoms. The van der Waals surface area contributed by atoms with Crippen LogP contribution >= 0.6 is 7.28 Å². The molecular formula is C31H33N2OP. The van der Waals surface area contributed by atoms with Crippen LogP contribution in [-0.4, -0.2) is 9.72 Å². The molecule has 5 rings (SSSR count). The molecule has 0 aliphatic rings. The maximum absolute atomic E-state index is 7.02. The molecule has 0 saturated carbocycles. The van der Waals surface area contributed by atoms with Crippen LogP contribution in [0.5, 0.6) is 5.75 Å². The highest BCUT2D eigenvalue weighted by atomic mass is 31.2. The van der Waals surface area contributed by atoms with Crippen molar-refractivity contribution in [1.29, 1.82) is 0 Å². The third-order valence-electron chi connectivity index (χ3n) is 6.60. The molecule has 0 aliphatic carbocycles. The molecule has 1 atom stereocenters. The number of benzene rings is 4. The first-order valence-corrected chi connectivity index (χ1v) is 13.9. The van der Waals surface area contributed by atoms with Crippen LogP contribution in [0.15, 0.2) is 102 Å².